The molecule has 0 saturated carbocycles. The van der Waals surface area contributed by atoms with Gasteiger partial charge < -0.3 is 46.4 Å². The second-order valence-corrected chi connectivity index (χ2v) is 13.5. The number of urea groups is 1. The number of benzene rings is 1. The van der Waals surface area contributed by atoms with E-state index < -0.39 is 47.6 Å². The van der Waals surface area contributed by atoms with Gasteiger partial charge in [-0.1, -0.05) is 60.6 Å². The van der Waals surface area contributed by atoms with Gasteiger partial charge in [-0.05, 0) is 36.5 Å². The van der Waals surface area contributed by atoms with E-state index in [9.17, 15) is 43.2 Å². The van der Waals surface area contributed by atoms with Crippen molar-refractivity contribution in [2.24, 2.45) is 17.6 Å². The Labute approximate surface area is 337 Å². The molecule has 57 heavy (non-hydrogen) atoms. The predicted molar refractivity (Wildman–Crippen MR) is 216 cm³/mol. The summed E-state index contributed by atoms with van der Waals surface area (Å²) in [6.07, 6.45) is 1.03. The molecule has 1 aromatic carbocycles. The fraction of sp³-hybridized carbons (Fsp3) is 0.615. The molecular weight excluding hydrogens is 740 g/mol. The SMILES string of the molecule is CC.CC(=O)OCc1ccc(NC(=O)CNC(=O)C(NC(=O)CCCC(=O)N(C)CC(=O)N(C)CC(=O)N(C)CC(=O)C(C)C)C(C)C)cc1.CCCNC(N)=O. The molecule has 6 N–H and O–H groups in total. The number of Topliss-reactive ketones (excluding diaryl/α,β-unsaturated/α-hetero) is 1. The Morgan fingerprint density at radius 1 is 0.737 bits per heavy atom. The van der Waals surface area contributed by atoms with Gasteiger partial charge in [-0.2, -0.15) is 0 Å². The molecule has 0 fully saturated rings. The number of carbonyl (C=O) groups excluding carboxylic acids is 9. The van der Waals surface area contributed by atoms with Crippen molar-refractivity contribution in [2.75, 3.05) is 59.2 Å². The van der Waals surface area contributed by atoms with Gasteiger partial charge in [-0.15, -0.1) is 0 Å². The Hall–Kier alpha value is -5.55. The lowest BCUT2D eigenvalue weighted by Crippen LogP contribution is -2.51. The molecule has 0 aliphatic carbocycles. The van der Waals surface area contributed by atoms with Crippen molar-refractivity contribution >= 4 is 58.9 Å². The van der Waals surface area contributed by atoms with Crippen LogP contribution in [0.3, 0.4) is 0 Å². The first-order valence-corrected chi connectivity index (χ1v) is 19.0. The van der Waals surface area contributed by atoms with Crippen molar-refractivity contribution in [3.8, 4) is 0 Å². The topological polar surface area (TPSA) is 247 Å². The molecule has 1 unspecified atom stereocenters. The van der Waals surface area contributed by atoms with E-state index in [2.05, 4.69) is 21.3 Å². The third-order valence-electron chi connectivity index (χ3n) is 7.77. The van der Waals surface area contributed by atoms with Crippen molar-refractivity contribution < 1.29 is 47.9 Å². The Morgan fingerprint density at radius 3 is 1.72 bits per heavy atom. The molecule has 18 heteroatoms. The van der Waals surface area contributed by atoms with Crippen LogP contribution in [0.1, 0.15) is 86.6 Å². The normalized spacial score (nSPS) is 10.6. The Bertz CT molecular complexity index is 1470. The van der Waals surface area contributed by atoms with E-state index in [-0.39, 0.29) is 75.6 Å². The number of nitrogens with zero attached hydrogens (tertiary/aromatic N) is 3. The fourth-order valence-electron chi connectivity index (χ4n) is 4.30. The highest BCUT2D eigenvalue weighted by Crippen LogP contribution is 2.11. The van der Waals surface area contributed by atoms with Gasteiger partial charge >= 0.3 is 12.0 Å². The van der Waals surface area contributed by atoms with Gasteiger partial charge in [-0.25, -0.2) is 4.79 Å². The summed E-state index contributed by atoms with van der Waals surface area (Å²) in [5.74, 6) is -3.72. The molecule has 322 valence electrons. The molecule has 1 atom stereocenters. The summed E-state index contributed by atoms with van der Waals surface area (Å²) in [7, 11) is 4.37. The molecule has 18 nitrogen and oxygen atoms in total. The first kappa shape index (κ1) is 53.6. The third kappa shape index (κ3) is 25.3. The average molecular weight is 807 g/mol. The number of esters is 1. The van der Waals surface area contributed by atoms with Crippen LogP contribution in [0.5, 0.6) is 0 Å². The number of hydrogen-bond acceptors (Lipinski definition) is 10. The van der Waals surface area contributed by atoms with Crippen LogP contribution >= 0.6 is 0 Å². The van der Waals surface area contributed by atoms with Crippen molar-refractivity contribution in [3.05, 3.63) is 29.8 Å². The predicted octanol–water partition coefficient (Wildman–Crippen LogP) is 1.81. The standard InChI is InChI=1S/C33H50N6O9.C4H10N2O.C2H6/c1-21(2)26(41)17-37(6)30(45)19-39(8)31(46)18-38(7)29(44)11-9-10-27(42)36-32(22(3)4)33(47)34-16-28(43)35-25-14-12-24(13-15-25)20-48-23(5)40;1-2-3-6-4(5)7;1-2/h12-15,21-22,32H,9-11,16-20H2,1-8H3,(H,34,47)(H,35,43)(H,36,42);2-3H2,1H3,(H3,5,6,7);1-2H3. The van der Waals surface area contributed by atoms with Gasteiger partial charge in [-0.3, -0.25) is 38.4 Å². The van der Waals surface area contributed by atoms with E-state index in [1.54, 1.807) is 52.0 Å². The average Bonchev–Trinajstić information content (AvgIpc) is 3.15. The highest BCUT2D eigenvalue weighted by atomic mass is 16.5. The number of nitrogens with two attached hydrogens (primary N) is 1. The lowest BCUT2D eigenvalue weighted by molar-refractivity contribution is -0.143. The lowest BCUT2D eigenvalue weighted by Gasteiger charge is -2.24. The quantitative estimate of drug-likeness (QED) is 0.113. The molecular formula is C39H66N8O10. The summed E-state index contributed by atoms with van der Waals surface area (Å²) < 4.78 is 4.92. The summed E-state index contributed by atoms with van der Waals surface area (Å²) in [6, 6.07) is 5.30. The molecule has 1 rings (SSSR count). The third-order valence-corrected chi connectivity index (χ3v) is 7.77. The Balaban J connectivity index is 0. The van der Waals surface area contributed by atoms with E-state index in [0.29, 0.717) is 12.2 Å². The second-order valence-electron chi connectivity index (χ2n) is 13.5. The molecule has 1 aromatic rings. The maximum Gasteiger partial charge on any atom is 0.312 e. The van der Waals surface area contributed by atoms with Gasteiger partial charge in [0.25, 0.3) is 0 Å². The molecule has 0 aliphatic rings. The molecule has 0 aliphatic heterocycles. The molecule has 8 amide bonds. The van der Waals surface area contributed by atoms with E-state index in [0.717, 1.165) is 12.0 Å². The number of ketones is 1. The van der Waals surface area contributed by atoms with E-state index >= 15 is 0 Å². The van der Waals surface area contributed by atoms with Crippen molar-refractivity contribution in [3.63, 3.8) is 0 Å². The summed E-state index contributed by atoms with van der Waals surface area (Å²) >= 11 is 0. The number of amides is 8. The Morgan fingerprint density at radius 2 is 1.26 bits per heavy atom. The zero-order valence-corrected chi connectivity index (χ0v) is 35.6. The van der Waals surface area contributed by atoms with Crippen LogP contribution in [-0.4, -0.2) is 128 Å². The number of ether oxygens (including phenoxy) is 1. The maximum absolute atomic E-state index is 12.8. The van der Waals surface area contributed by atoms with Gasteiger partial charge in [0.1, 0.15) is 12.6 Å². The summed E-state index contributed by atoms with van der Waals surface area (Å²) in [5, 5.41) is 10.3. The minimum Gasteiger partial charge on any atom is -0.461 e. The van der Waals surface area contributed by atoms with Crippen molar-refractivity contribution in [1.29, 1.82) is 0 Å². The number of primary amides is 1. The van der Waals surface area contributed by atoms with E-state index in [1.807, 2.05) is 20.8 Å². The summed E-state index contributed by atoms with van der Waals surface area (Å²) in [4.78, 5) is 112. The summed E-state index contributed by atoms with van der Waals surface area (Å²) in [6.45, 7) is 14.1. The maximum atomic E-state index is 12.8. The zero-order valence-electron chi connectivity index (χ0n) is 35.6. The van der Waals surface area contributed by atoms with Gasteiger partial charge in [0.05, 0.1) is 26.2 Å². The number of carbonyl (C=O) groups is 9. The van der Waals surface area contributed by atoms with Crippen LogP contribution in [0.25, 0.3) is 0 Å². The molecule has 0 spiro atoms. The highest BCUT2D eigenvalue weighted by molar-refractivity contribution is 5.96. The number of anilines is 1. The largest absolute Gasteiger partial charge is 0.461 e. The first-order chi connectivity index (χ1) is 26.7. The zero-order chi connectivity index (χ0) is 44.2. The van der Waals surface area contributed by atoms with Crippen LogP contribution in [0, 0.1) is 11.8 Å². The lowest BCUT2D eigenvalue weighted by atomic mass is 10.0. The number of rotatable bonds is 21. The molecule has 0 saturated heterocycles. The highest BCUT2D eigenvalue weighted by Gasteiger charge is 2.25. The number of likely N-dealkylation sites (N-methyl/N-ethyl adjacent to an activating group) is 3. The van der Waals surface area contributed by atoms with Crippen LogP contribution in [0.15, 0.2) is 24.3 Å². The summed E-state index contributed by atoms with van der Waals surface area (Å²) in [5.41, 5.74) is 5.96. The number of hydrogen-bond donors (Lipinski definition) is 5. The minimum atomic E-state index is -0.914. The minimum absolute atomic E-state index is 0.0245. The molecule has 0 bridgehead atoms. The van der Waals surface area contributed by atoms with Crippen LogP contribution in [-0.2, 0) is 49.7 Å². The molecule has 0 radical (unpaired) electrons. The van der Waals surface area contributed by atoms with Crippen LogP contribution < -0.4 is 27.0 Å². The monoisotopic (exact) mass is 806 g/mol. The van der Waals surface area contributed by atoms with Gasteiger partial charge in [0, 0.05) is 59.1 Å². The number of nitrogens with one attached hydrogen (secondary N) is 4. The Kier molecular flexibility index (Phi) is 27.9. The van der Waals surface area contributed by atoms with E-state index in [1.165, 1.54) is 42.8 Å². The molecule has 0 heterocycles. The van der Waals surface area contributed by atoms with Crippen molar-refractivity contribution in [2.45, 2.75) is 93.7 Å². The van der Waals surface area contributed by atoms with Gasteiger partial charge in [0.15, 0.2) is 5.78 Å². The smallest absolute Gasteiger partial charge is 0.312 e. The molecule has 0 aromatic heterocycles. The first-order valence-electron chi connectivity index (χ1n) is 19.0. The second kappa shape index (κ2) is 29.7. The van der Waals surface area contributed by atoms with Crippen LogP contribution in [0.2, 0.25) is 0 Å². The van der Waals surface area contributed by atoms with Crippen molar-refractivity contribution in [1.82, 2.24) is 30.7 Å². The van der Waals surface area contributed by atoms with Crippen LogP contribution in [0.4, 0.5) is 10.5 Å². The van der Waals surface area contributed by atoms with Gasteiger partial charge in [0.2, 0.25) is 35.4 Å². The van der Waals surface area contributed by atoms with E-state index in [4.69, 9.17) is 10.5 Å². The fourth-order valence-corrected chi connectivity index (χ4v) is 4.30.